The summed E-state index contributed by atoms with van der Waals surface area (Å²) < 4.78 is 14.5. The number of nitrogens with zero attached hydrogens (tertiary/aromatic N) is 1. The van der Waals surface area contributed by atoms with Crippen LogP contribution in [0.5, 0.6) is 0 Å². The molecule has 0 bridgehead atoms. The quantitative estimate of drug-likeness (QED) is 0.420. The summed E-state index contributed by atoms with van der Waals surface area (Å²) in [6, 6.07) is 10.3. The molecule has 26 heavy (non-hydrogen) atoms. The number of carbonyl (C=O) groups excluding carboxylic acids is 2. The number of esters is 1. The van der Waals surface area contributed by atoms with Gasteiger partial charge in [0.05, 0.1) is 18.8 Å². The van der Waals surface area contributed by atoms with E-state index in [9.17, 15) is 9.59 Å². The van der Waals surface area contributed by atoms with E-state index in [1.165, 1.54) is 10.5 Å². The van der Waals surface area contributed by atoms with E-state index in [0.717, 1.165) is 0 Å². The van der Waals surface area contributed by atoms with E-state index in [1.54, 1.807) is 21.1 Å². The van der Waals surface area contributed by atoms with Gasteiger partial charge in [0.25, 0.3) is 0 Å². The lowest BCUT2D eigenvalue weighted by molar-refractivity contribution is -0.148. The Morgan fingerprint density at radius 3 is 2.08 bits per heavy atom. The maximum atomic E-state index is 10.7. The lowest BCUT2D eigenvalue weighted by Crippen LogP contribution is -2.23. The topological polar surface area (TPSA) is 65.1 Å². The van der Waals surface area contributed by atoms with Gasteiger partial charge < -0.3 is 19.1 Å². The summed E-state index contributed by atoms with van der Waals surface area (Å²) in [6.45, 7) is 11.0. The fourth-order valence-corrected chi connectivity index (χ4v) is 1.15. The van der Waals surface area contributed by atoms with Crippen molar-refractivity contribution in [1.29, 1.82) is 0 Å². The minimum Gasteiger partial charge on any atom is -0.464 e. The lowest BCUT2D eigenvalue weighted by atomic mass is 10.2. The van der Waals surface area contributed by atoms with E-state index in [1.807, 2.05) is 39.0 Å². The van der Waals surface area contributed by atoms with Gasteiger partial charge in [-0.25, -0.2) is 4.79 Å². The molecule has 0 N–H and O–H groups in total. The van der Waals surface area contributed by atoms with Gasteiger partial charge in [0.2, 0.25) is 6.41 Å². The first-order valence-electron chi connectivity index (χ1n) is 8.62. The molecule has 0 saturated carbocycles. The fourth-order valence-electron chi connectivity index (χ4n) is 1.15. The van der Waals surface area contributed by atoms with Gasteiger partial charge in [-0.2, -0.15) is 0 Å². The van der Waals surface area contributed by atoms with E-state index in [4.69, 9.17) is 9.47 Å². The number of amides is 1. The first-order chi connectivity index (χ1) is 12.2. The van der Waals surface area contributed by atoms with Crippen molar-refractivity contribution in [3.63, 3.8) is 0 Å². The molecule has 0 aromatic heterocycles. The molecule has 0 fully saturated rings. The van der Waals surface area contributed by atoms with Crippen LogP contribution in [0.1, 0.15) is 33.3 Å². The number of likely N-dealkylation sites (N-methyl/N-ethyl adjacent to an activating group) is 1. The fraction of sp³-hybridized carbons (Fsp3) is 0.600. The van der Waals surface area contributed by atoms with Crippen molar-refractivity contribution in [1.82, 2.24) is 4.90 Å². The van der Waals surface area contributed by atoms with Crippen LogP contribution in [0.2, 0.25) is 0 Å². The molecule has 0 heterocycles. The molecule has 1 aromatic carbocycles. The number of aryl methyl sites for hydroxylation is 1. The number of hydrogen-bond donors (Lipinski definition) is 0. The molecule has 1 amide bonds. The van der Waals surface area contributed by atoms with Crippen LogP contribution in [0.4, 0.5) is 0 Å². The number of rotatable bonds is 7. The van der Waals surface area contributed by atoms with Gasteiger partial charge in [-0.15, -0.1) is 0 Å². The number of hydrogen-bond acceptors (Lipinski definition) is 5. The van der Waals surface area contributed by atoms with E-state index in [-0.39, 0.29) is 18.2 Å². The van der Waals surface area contributed by atoms with Crippen LogP contribution in [-0.4, -0.2) is 63.4 Å². The molecule has 0 radical (unpaired) electrons. The largest absolute Gasteiger partial charge is 0.464 e. The highest BCUT2D eigenvalue weighted by atomic mass is 16.6. The van der Waals surface area contributed by atoms with Crippen LogP contribution in [0.3, 0.4) is 0 Å². The van der Waals surface area contributed by atoms with Crippen LogP contribution in [0, 0.1) is 6.92 Å². The SMILES string of the molecule is CCOC(=O)COCCN(C)C=O.COC(C)(C)C.Cc1ccccc1. The zero-order chi connectivity index (χ0) is 20.4. The molecule has 0 aliphatic carbocycles. The Morgan fingerprint density at radius 2 is 1.73 bits per heavy atom. The minimum absolute atomic E-state index is 0.0417. The zero-order valence-electron chi connectivity index (χ0n) is 17.3. The molecule has 6 heteroatoms. The highest BCUT2D eigenvalue weighted by molar-refractivity contribution is 5.70. The van der Waals surface area contributed by atoms with Crippen molar-refractivity contribution < 1.29 is 23.8 Å². The molecule has 1 aromatic rings. The Morgan fingerprint density at radius 1 is 1.19 bits per heavy atom. The highest BCUT2D eigenvalue weighted by Crippen LogP contribution is 2.02. The number of ether oxygens (including phenoxy) is 3. The lowest BCUT2D eigenvalue weighted by Gasteiger charge is -2.14. The third-order valence-corrected chi connectivity index (χ3v) is 2.85. The second kappa shape index (κ2) is 16.5. The van der Waals surface area contributed by atoms with Crippen molar-refractivity contribution in [3.05, 3.63) is 35.9 Å². The molecule has 0 atom stereocenters. The average molecular weight is 370 g/mol. The molecular formula is C20H35NO5. The van der Waals surface area contributed by atoms with Gasteiger partial charge in [0, 0.05) is 20.7 Å². The Balaban J connectivity index is 0. The first kappa shape index (κ1) is 26.3. The standard InChI is InChI=1S/C8H15NO4.C7H8.C5H12O/c1-3-13-8(11)6-12-5-4-9(2)7-10;1-7-5-3-2-4-6-7;1-5(2,3)6-4/h7H,3-6H2,1-2H3;2-6H,1H3;1-4H3. The predicted octanol–water partition coefficient (Wildman–Crippen LogP) is 3.08. The molecule has 1 rings (SSSR count). The van der Waals surface area contributed by atoms with Crippen molar-refractivity contribution in [2.45, 2.75) is 40.2 Å². The van der Waals surface area contributed by atoms with Crippen LogP contribution in [0.15, 0.2) is 30.3 Å². The summed E-state index contributed by atoms with van der Waals surface area (Å²) in [5, 5.41) is 0. The van der Waals surface area contributed by atoms with Crippen LogP contribution in [0.25, 0.3) is 0 Å². The van der Waals surface area contributed by atoms with Crippen molar-refractivity contribution in [2.75, 3.05) is 40.5 Å². The van der Waals surface area contributed by atoms with Crippen molar-refractivity contribution in [3.8, 4) is 0 Å². The van der Waals surface area contributed by atoms with Crippen LogP contribution < -0.4 is 0 Å². The number of methoxy groups -OCH3 is 1. The van der Waals surface area contributed by atoms with Gasteiger partial charge in [-0.3, -0.25) is 4.79 Å². The third-order valence-electron chi connectivity index (χ3n) is 2.85. The molecule has 0 unspecified atom stereocenters. The van der Waals surface area contributed by atoms with Gasteiger partial charge in [0.1, 0.15) is 6.61 Å². The summed E-state index contributed by atoms with van der Waals surface area (Å²) in [6.07, 6.45) is 0.702. The number of benzene rings is 1. The van der Waals surface area contributed by atoms with E-state index in [0.29, 0.717) is 26.2 Å². The van der Waals surface area contributed by atoms with Crippen LogP contribution >= 0.6 is 0 Å². The molecular weight excluding hydrogens is 334 g/mol. The Labute approximate surface area is 158 Å². The second-order valence-corrected chi connectivity index (χ2v) is 6.41. The Hall–Kier alpha value is -1.92. The monoisotopic (exact) mass is 369 g/mol. The van der Waals surface area contributed by atoms with Gasteiger partial charge in [-0.1, -0.05) is 35.9 Å². The molecule has 0 saturated heterocycles. The maximum absolute atomic E-state index is 10.7. The summed E-state index contributed by atoms with van der Waals surface area (Å²) in [4.78, 5) is 22.3. The van der Waals surface area contributed by atoms with Crippen molar-refractivity contribution >= 4 is 12.4 Å². The summed E-state index contributed by atoms with van der Waals surface area (Å²) in [7, 11) is 3.35. The molecule has 0 aliphatic heterocycles. The first-order valence-corrected chi connectivity index (χ1v) is 8.62. The molecule has 150 valence electrons. The molecule has 6 nitrogen and oxygen atoms in total. The predicted molar refractivity (Wildman–Crippen MR) is 104 cm³/mol. The summed E-state index contributed by atoms with van der Waals surface area (Å²) >= 11 is 0. The Kier molecular flexibility index (Phi) is 16.7. The van der Waals surface area contributed by atoms with Gasteiger partial charge in [0.15, 0.2) is 0 Å². The van der Waals surface area contributed by atoms with E-state index >= 15 is 0 Å². The van der Waals surface area contributed by atoms with Gasteiger partial charge in [-0.05, 0) is 34.6 Å². The molecule has 0 spiro atoms. The normalized spacial score (nSPS) is 9.81. The average Bonchev–Trinajstić information content (AvgIpc) is 2.60. The summed E-state index contributed by atoms with van der Waals surface area (Å²) in [5.41, 5.74) is 1.36. The van der Waals surface area contributed by atoms with Gasteiger partial charge >= 0.3 is 5.97 Å². The Bertz CT molecular complexity index is 457. The molecule has 0 aliphatic rings. The van der Waals surface area contributed by atoms with Crippen molar-refractivity contribution in [2.24, 2.45) is 0 Å². The number of carbonyl (C=O) groups is 2. The minimum atomic E-state index is -0.378. The second-order valence-electron chi connectivity index (χ2n) is 6.41. The van der Waals surface area contributed by atoms with Crippen LogP contribution in [-0.2, 0) is 23.8 Å². The maximum Gasteiger partial charge on any atom is 0.332 e. The third kappa shape index (κ3) is 22.1. The van der Waals surface area contributed by atoms with E-state index < -0.39 is 0 Å². The highest BCUT2D eigenvalue weighted by Gasteiger charge is 2.04. The zero-order valence-corrected chi connectivity index (χ0v) is 17.3. The van der Waals surface area contributed by atoms with E-state index in [2.05, 4.69) is 23.8 Å². The smallest absolute Gasteiger partial charge is 0.332 e. The summed E-state index contributed by atoms with van der Waals surface area (Å²) in [5.74, 6) is -0.378.